The van der Waals surface area contributed by atoms with Gasteiger partial charge in [0.15, 0.2) is 11.6 Å². The Labute approximate surface area is 155 Å². The summed E-state index contributed by atoms with van der Waals surface area (Å²) < 4.78 is 18.3. The molecule has 2 spiro atoms. The van der Waals surface area contributed by atoms with Gasteiger partial charge in [0.25, 0.3) is 0 Å². The Kier molecular flexibility index (Phi) is 2.90. The summed E-state index contributed by atoms with van der Waals surface area (Å²) >= 11 is 0. The highest BCUT2D eigenvalue weighted by Crippen LogP contribution is 2.81. The van der Waals surface area contributed by atoms with Gasteiger partial charge in [0.2, 0.25) is 0 Å². The zero-order valence-corrected chi connectivity index (χ0v) is 16.2. The highest BCUT2D eigenvalue weighted by atomic mass is 16.7. The molecule has 0 bridgehead atoms. The fraction of sp³-hybridized carbons (Fsp3) is 0.864. The highest BCUT2D eigenvalue weighted by Gasteiger charge is 2.78. The summed E-state index contributed by atoms with van der Waals surface area (Å²) in [6.45, 7) is 5.78. The summed E-state index contributed by atoms with van der Waals surface area (Å²) in [7, 11) is 1.90. The molecule has 4 heteroatoms. The third kappa shape index (κ3) is 1.45. The zero-order valence-electron chi connectivity index (χ0n) is 16.2. The van der Waals surface area contributed by atoms with E-state index in [0.717, 1.165) is 25.2 Å². The van der Waals surface area contributed by atoms with Crippen LogP contribution in [0, 0.1) is 34.0 Å². The Morgan fingerprint density at radius 3 is 2.62 bits per heavy atom. The van der Waals surface area contributed by atoms with Crippen molar-refractivity contribution in [2.45, 2.75) is 64.3 Å². The van der Waals surface area contributed by atoms with E-state index in [1.807, 2.05) is 13.2 Å². The molecule has 4 nitrogen and oxygen atoms in total. The first-order valence-electron chi connectivity index (χ1n) is 10.5. The monoisotopic (exact) mass is 358 g/mol. The summed E-state index contributed by atoms with van der Waals surface area (Å²) in [5.74, 6) is 1.12. The predicted octanol–water partition coefficient (Wildman–Crippen LogP) is 3.50. The van der Waals surface area contributed by atoms with Crippen LogP contribution in [0.5, 0.6) is 0 Å². The highest BCUT2D eigenvalue weighted by molar-refractivity contribution is 5.98. The van der Waals surface area contributed by atoms with Crippen LogP contribution in [0.1, 0.15) is 52.4 Å². The fourth-order valence-corrected chi connectivity index (χ4v) is 8.51. The van der Waals surface area contributed by atoms with Gasteiger partial charge in [-0.25, -0.2) is 0 Å². The van der Waals surface area contributed by atoms with Crippen LogP contribution in [0.15, 0.2) is 11.6 Å². The molecular weight excluding hydrogens is 328 g/mol. The van der Waals surface area contributed by atoms with Gasteiger partial charge in [0, 0.05) is 18.9 Å². The van der Waals surface area contributed by atoms with E-state index in [4.69, 9.17) is 14.2 Å². The van der Waals surface area contributed by atoms with Gasteiger partial charge >= 0.3 is 0 Å². The van der Waals surface area contributed by atoms with Crippen molar-refractivity contribution in [3.8, 4) is 0 Å². The molecule has 5 aliphatic carbocycles. The van der Waals surface area contributed by atoms with Crippen molar-refractivity contribution in [3.05, 3.63) is 11.6 Å². The number of hydrogen-bond acceptors (Lipinski definition) is 4. The molecule has 142 valence electrons. The summed E-state index contributed by atoms with van der Waals surface area (Å²) in [5, 5.41) is 0. The number of carbonyl (C=O) groups is 1. The molecule has 0 aromatic carbocycles. The van der Waals surface area contributed by atoms with Crippen molar-refractivity contribution in [1.29, 1.82) is 0 Å². The maximum atomic E-state index is 13.5. The van der Waals surface area contributed by atoms with Crippen LogP contribution in [0.3, 0.4) is 0 Å². The Hall–Kier alpha value is -0.710. The number of allylic oxidation sites excluding steroid dienone is 2. The summed E-state index contributed by atoms with van der Waals surface area (Å²) in [6, 6.07) is 0. The molecule has 0 N–H and O–H groups in total. The lowest BCUT2D eigenvalue weighted by molar-refractivity contribution is -0.224. The Bertz CT molecular complexity index is 722. The largest absolute Gasteiger partial charge is 0.381 e. The second kappa shape index (κ2) is 4.64. The average Bonchev–Trinajstić information content (AvgIpc) is 2.92. The lowest BCUT2D eigenvalue weighted by Crippen LogP contribution is -2.58. The van der Waals surface area contributed by atoms with Crippen LogP contribution in [-0.4, -0.2) is 38.0 Å². The smallest absolute Gasteiger partial charge is 0.181 e. The molecule has 6 aliphatic rings. The molecule has 7 atom stereocenters. The minimum absolute atomic E-state index is 0.144. The number of carbonyl (C=O) groups excluding carboxylic acids is 1. The van der Waals surface area contributed by atoms with Crippen LogP contribution in [0.2, 0.25) is 0 Å². The lowest BCUT2D eigenvalue weighted by atomic mass is 9.50. The Balaban J connectivity index is 1.50. The molecule has 5 fully saturated rings. The van der Waals surface area contributed by atoms with Crippen molar-refractivity contribution in [1.82, 2.24) is 0 Å². The van der Waals surface area contributed by atoms with Crippen LogP contribution >= 0.6 is 0 Å². The number of ketones is 1. The molecule has 1 heterocycles. The summed E-state index contributed by atoms with van der Waals surface area (Å²) in [4.78, 5) is 13.5. The van der Waals surface area contributed by atoms with Gasteiger partial charge in [0.05, 0.1) is 24.7 Å². The van der Waals surface area contributed by atoms with Gasteiger partial charge in [-0.05, 0) is 68.3 Å². The number of fused-ring (bicyclic) bond motifs is 5. The average molecular weight is 358 g/mol. The molecule has 1 saturated heterocycles. The third-order valence-corrected chi connectivity index (χ3v) is 9.89. The molecule has 4 unspecified atom stereocenters. The number of ether oxygens (including phenoxy) is 3. The standard InChI is InChI=1S/C22H30O4/c1-19-6-4-13-12-21(13,19)18(24-3)10-14-15-5-7-22(25-8-9-26-22)20(15,2)17(23)11-16(14)19/h11,13-15,18H,4-10,12H2,1-3H3/t13?,14?,15?,18-,19-,20-,21?/m1/s1. The van der Waals surface area contributed by atoms with Gasteiger partial charge in [0.1, 0.15) is 0 Å². The summed E-state index contributed by atoms with van der Waals surface area (Å²) in [6.07, 6.45) is 9.12. The second-order valence-electron chi connectivity index (χ2n) is 10.1. The Morgan fingerprint density at radius 1 is 1.15 bits per heavy atom. The minimum atomic E-state index is -0.687. The van der Waals surface area contributed by atoms with Gasteiger partial charge < -0.3 is 14.2 Å². The van der Waals surface area contributed by atoms with Gasteiger partial charge in [-0.15, -0.1) is 0 Å². The Morgan fingerprint density at radius 2 is 1.92 bits per heavy atom. The SMILES string of the molecule is CO[C@@H]1CC2C(=CC(=O)[C@@]3(C)C2CCC32OCCO2)[C@@]2(C)CCC3CC312. The van der Waals surface area contributed by atoms with E-state index in [9.17, 15) is 4.79 Å². The van der Waals surface area contributed by atoms with E-state index in [1.165, 1.54) is 24.8 Å². The first kappa shape index (κ1) is 16.3. The molecular formula is C22H30O4. The molecule has 0 aromatic rings. The van der Waals surface area contributed by atoms with Crippen LogP contribution in [0.25, 0.3) is 0 Å². The predicted molar refractivity (Wildman–Crippen MR) is 95.3 cm³/mol. The van der Waals surface area contributed by atoms with E-state index >= 15 is 0 Å². The zero-order chi connectivity index (χ0) is 17.9. The van der Waals surface area contributed by atoms with Crippen molar-refractivity contribution in [2.75, 3.05) is 20.3 Å². The molecule has 0 aromatic heterocycles. The molecule has 6 rings (SSSR count). The van der Waals surface area contributed by atoms with Crippen molar-refractivity contribution >= 4 is 5.78 Å². The normalized spacial score (nSPS) is 56.0. The fourth-order valence-electron chi connectivity index (χ4n) is 8.51. The minimum Gasteiger partial charge on any atom is -0.381 e. The van der Waals surface area contributed by atoms with Crippen LogP contribution in [0.4, 0.5) is 0 Å². The molecule has 0 amide bonds. The number of methoxy groups -OCH3 is 1. The van der Waals surface area contributed by atoms with Gasteiger partial charge in [-0.1, -0.05) is 12.5 Å². The topological polar surface area (TPSA) is 44.8 Å². The van der Waals surface area contributed by atoms with E-state index in [1.54, 1.807) is 0 Å². The van der Waals surface area contributed by atoms with Crippen molar-refractivity contribution in [3.63, 3.8) is 0 Å². The van der Waals surface area contributed by atoms with Crippen molar-refractivity contribution < 1.29 is 19.0 Å². The molecule has 26 heavy (non-hydrogen) atoms. The van der Waals surface area contributed by atoms with E-state index in [-0.39, 0.29) is 11.2 Å². The quantitative estimate of drug-likeness (QED) is 0.720. The number of hydrogen-bond donors (Lipinski definition) is 0. The lowest BCUT2D eigenvalue weighted by Gasteiger charge is -2.56. The third-order valence-electron chi connectivity index (χ3n) is 9.89. The van der Waals surface area contributed by atoms with Gasteiger partial charge in [-0.3, -0.25) is 4.79 Å². The maximum absolute atomic E-state index is 13.5. The number of rotatable bonds is 1. The summed E-state index contributed by atoms with van der Waals surface area (Å²) in [5.41, 5.74) is 1.35. The van der Waals surface area contributed by atoms with Gasteiger partial charge in [-0.2, -0.15) is 0 Å². The van der Waals surface area contributed by atoms with Crippen LogP contribution < -0.4 is 0 Å². The van der Waals surface area contributed by atoms with Crippen molar-refractivity contribution in [2.24, 2.45) is 34.0 Å². The second-order valence-corrected chi connectivity index (χ2v) is 10.1. The molecule has 4 saturated carbocycles. The molecule has 0 radical (unpaired) electrons. The molecule has 1 aliphatic heterocycles. The van der Waals surface area contributed by atoms with E-state index in [2.05, 4.69) is 13.8 Å². The van der Waals surface area contributed by atoms with Crippen LogP contribution in [-0.2, 0) is 19.0 Å². The first-order chi connectivity index (χ1) is 12.4. The first-order valence-corrected chi connectivity index (χ1v) is 10.5. The van der Waals surface area contributed by atoms with E-state index < -0.39 is 11.2 Å². The maximum Gasteiger partial charge on any atom is 0.181 e. The van der Waals surface area contributed by atoms with E-state index in [0.29, 0.717) is 36.6 Å².